The molecule has 0 saturated heterocycles. The maximum absolute atomic E-state index is 12.4. The molecule has 0 atom stereocenters. The van der Waals surface area contributed by atoms with Gasteiger partial charge in [-0.15, -0.1) is 0 Å². The second kappa shape index (κ2) is 10.8. The minimum atomic E-state index is -0.345. The van der Waals surface area contributed by atoms with E-state index in [4.69, 9.17) is 24.4 Å². The molecule has 0 heterocycles. The Hall–Kier alpha value is -2.06. The molecule has 2 amide bonds. The quantitative estimate of drug-likeness (QED) is 0.723. The minimum Gasteiger partial charge on any atom is -0.350 e. The zero-order valence-electron chi connectivity index (χ0n) is 15.7. The van der Waals surface area contributed by atoms with Gasteiger partial charge in [0.05, 0.1) is 0 Å². The highest BCUT2D eigenvalue weighted by molar-refractivity contribution is 7.80. The summed E-state index contributed by atoms with van der Waals surface area (Å²) in [6, 6.07) is 6.46. The summed E-state index contributed by atoms with van der Waals surface area (Å²) in [5, 5.41) is 6.13. The summed E-state index contributed by atoms with van der Waals surface area (Å²) in [6.07, 6.45) is 0. The van der Waals surface area contributed by atoms with E-state index in [2.05, 4.69) is 10.6 Å². The van der Waals surface area contributed by atoms with Crippen LogP contribution in [0.3, 0.4) is 0 Å². The first-order valence-electron chi connectivity index (χ1n) is 8.68. The van der Waals surface area contributed by atoms with E-state index in [1.165, 1.54) is 6.07 Å². The molecule has 26 heavy (non-hydrogen) atoms. The number of hydrogen-bond acceptors (Lipinski definition) is 4. The van der Waals surface area contributed by atoms with E-state index in [9.17, 15) is 9.59 Å². The number of hydrogen-bond donors (Lipinski definition) is 2. The highest BCUT2D eigenvalue weighted by atomic mass is 32.1. The van der Waals surface area contributed by atoms with Crippen molar-refractivity contribution in [2.24, 2.45) is 0 Å². The number of carbonyl (C=O) groups is 2. The maximum atomic E-state index is 12.4. The van der Waals surface area contributed by atoms with Gasteiger partial charge in [0, 0.05) is 37.3 Å². The maximum Gasteiger partial charge on any atom is 0.257 e. The number of benzene rings is 1. The molecular formula is C18H26N4O2S2. The van der Waals surface area contributed by atoms with Crippen molar-refractivity contribution in [3.8, 4) is 0 Å². The van der Waals surface area contributed by atoms with Gasteiger partial charge >= 0.3 is 0 Å². The summed E-state index contributed by atoms with van der Waals surface area (Å²) in [4.78, 5) is 28.5. The first-order valence-corrected chi connectivity index (χ1v) is 9.49. The lowest BCUT2D eigenvalue weighted by Crippen LogP contribution is -2.43. The second-order valence-corrected chi connectivity index (χ2v) is 6.22. The van der Waals surface area contributed by atoms with E-state index < -0.39 is 0 Å². The predicted molar refractivity (Wildman–Crippen MR) is 112 cm³/mol. The van der Waals surface area contributed by atoms with Gasteiger partial charge in [0.25, 0.3) is 11.8 Å². The third kappa shape index (κ3) is 6.03. The average molecular weight is 395 g/mol. The zero-order valence-corrected chi connectivity index (χ0v) is 17.3. The molecule has 0 aliphatic carbocycles. The lowest BCUT2D eigenvalue weighted by atomic mass is 10.1. The van der Waals surface area contributed by atoms with Crippen LogP contribution in [0.4, 0.5) is 0 Å². The normalized spacial score (nSPS) is 10.0. The first kappa shape index (κ1) is 22.0. The largest absolute Gasteiger partial charge is 0.350 e. The summed E-state index contributed by atoms with van der Waals surface area (Å²) in [5.41, 5.74) is 0.724. The highest BCUT2D eigenvalue weighted by Crippen LogP contribution is 2.06. The Morgan fingerprint density at radius 3 is 1.46 bits per heavy atom. The molecule has 142 valence electrons. The van der Waals surface area contributed by atoms with Gasteiger partial charge in [0.15, 0.2) is 10.2 Å². The van der Waals surface area contributed by atoms with Crippen molar-refractivity contribution in [3.63, 3.8) is 0 Å². The lowest BCUT2D eigenvalue weighted by molar-refractivity contribution is 0.0972. The van der Waals surface area contributed by atoms with Gasteiger partial charge in [0.1, 0.15) is 0 Å². The van der Waals surface area contributed by atoms with Gasteiger partial charge in [-0.05, 0) is 70.3 Å². The molecule has 8 heteroatoms. The second-order valence-electron chi connectivity index (χ2n) is 5.44. The van der Waals surface area contributed by atoms with Crippen LogP contribution in [0, 0.1) is 0 Å². The Labute approximate surface area is 165 Å². The predicted octanol–water partition coefficient (Wildman–Crippen LogP) is 2.40. The van der Waals surface area contributed by atoms with E-state index in [0.29, 0.717) is 47.5 Å². The van der Waals surface area contributed by atoms with Crippen LogP contribution in [0.5, 0.6) is 0 Å². The van der Waals surface area contributed by atoms with E-state index >= 15 is 0 Å². The summed E-state index contributed by atoms with van der Waals surface area (Å²) >= 11 is 10.5. The third-order valence-electron chi connectivity index (χ3n) is 3.93. The SMILES string of the molecule is CCN(CC)C(=S)NC(=O)c1cccc(C(=O)NC(=S)N(CC)CC)c1. The molecule has 6 nitrogen and oxygen atoms in total. The van der Waals surface area contributed by atoms with Crippen molar-refractivity contribution >= 4 is 46.5 Å². The Bertz CT molecular complexity index is 618. The van der Waals surface area contributed by atoms with Crippen LogP contribution in [-0.2, 0) is 0 Å². The van der Waals surface area contributed by atoms with Crippen molar-refractivity contribution in [1.29, 1.82) is 0 Å². The number of nitrogens with one attached hydrogen (secondary N) is 2. The van der Waals surface area contributed by atoms with Crippen molar-refractivity contribution in [3.05, 3.63) is 35.4 Å². The van der Waals surface area contributed by atoms with Crippen molar-refractivity contribution < 1.29 is 9.59 Å². The van der Waals surface area contributed by atoms with E-state index in [1.54, 1.807) is 18.2 Å². The van der Waals surface area contributed by atoms with Crippen LogP contribution in [0.2, 0.25) is 0 Å². The molecule has 0 unspecified atom stereocenters. The molecule has 0 saturated carbocycles. The summed E-state index contributed by atoms with van der Waals surface area (Å²) in [7, 11) is 0. The van der Waals surface area contributed by atoms with Gasteiger partial charge in [-0.3, -0.25) is 20.2 Å². The van der Waals surface area contributed by atoms with Gasteiger partial charge in [-0.1, -0.05) is 6.07 Å². The molecule has 0 bridgehead atoms. The fourth-order valence-corrected chi connectivity index (χ4v) is 3.02. The van der Waals surface area contributed by atoms with Crippen molar-refractivity contribution in [1.82, 2.24) is 20.4 Å². The summed E-state index contributed by atoms with van der Waals surface area (Å²) in [6.45, 7) is 10.7. The van der Waals surface area contributed by atoms with Gasteiger partial charge in [-0.25, -0.2) is 0 Å². The highest BCUT2D eigenvalue weighted by Gasteiger charge is 2.15. The Kier molecular flexibility index (Phi) is 9.15. The summed E-state index contributed by atoms with van der Waals surface area (Å²) < 4.78 is 0. The topological polar surface area (TPSA) is 64.7 Å². The van der Waals surface area contributed by atoms with Crippen LogP contribution in [0.1, 0.15) is 48.4 Å². The average Bonchev–Trinajstić information content (AvgIpc) is 2.63. The van der Waals surface area contributed by atoms with Crippen LogP contribution in [0.15, 0.2) is 24.3 Å². The molecule has 1 aromatic carbocycles. The van der Waals surface area contributed by atoms with E-state index in [1.807, 2.05) is 37.5 Å². The number of amides is 2. The zero-order chi connectivity index (χ0) is 19.7. The summed E-state index contributed by atoms with van der Waals surface area (Å²) in [5.74, 6) is -0.689. The number of nitrogens with zero attached hydrogens (tertiary/aromatic N) is 2. The Morgan fingerprint density at radius 1 is 0.808 bits per heavy atom. The lowest BCUT2D eigenvalue weighted by Gasteiger charge is -2.22. The third-order valence-corrected chi connectivity index (χ3v) is 4.65. The number of carbonyl (C=O) groups excluding carboxylic acids is 2. The molecule has 0 aromatic heterocycles. The van der Waals surface area contributed by atoms with Crippen LogP contribution < -0.4 is 10.6 Å². The molecule has 2 N–H and O–H groups in total. The van der Waals surface area contributed by atoms with Crippen LogP contribution in [-0.4, -0.2) is 58.0 Å². The number of thiocarbonyl (C=S) groups is 2. The molecule has 0 fully saturated rings. The minimum absolute atomic E-state index is 0.345. The fourth-order valence-electron chi connectivity index (χ4n) is 2.32. The van der Waals surface area contributed by atoms with E-state index in [0.717, 1.165) is 0 Å². The van der Waals surface area contributed by atoms with Crippen molar-refractivity contribution in [2.75, 3.05) is 26.2 Å². The van der Waals surface area contributed by atoms with E-state index in [-0.39, 0.29) is 11.8 Å². The van der Waals surface area contributed by atoms with Gasteiger partial charge in [-0.2, -0.15) is 0 Å². The fraction of sp³-hybridized carbons (Fsp3) is 0.444. The molecule has 1 aromatic rings. The molecule has 1 rings (SSSR count). The molecule has 0 spiro atoms. The molecule has 0 aliphatic heterocycles. The Morgan fingerprint density at radius 2 is 1.15 bits per heavy atom. The monoisotopic (exact) mass is 394 g/mol. The smallest absolute Gasteiger partial charge is 0.257 e. The standard InChI is InChI=1S/C18H26N4O2S2/c1-5-21(6-2)17(25)19-15(23)13-10-9-11-14(12-13)16(24)20-18(26)22(7-3)8-4/h9-12H,5-8H2,1-4H3,(H,19,23,25)(H,20,24,26). The first-order chi connectivity index (χ1) is 12.4. The van der Waals surface area contributed by atoms with Crippen LogP contribution in [0.25, 0.3) is 0 Å². The van der Waals surface area contributed by atoms with Crippen molar-refractivity contribution in [2.45, 2.75) is 27.7 Å². The number of rotatable bonds is 6. The molecule has 0 radical (unpaired) electrons. The van der Waals surface area contributed by atoms with Gasteiger partial charge < -0.3 is 9.80 Å². The Balaban J connectivity index is 2.84. The van der Waals surface area contributed by atoms with Crippen LogP contribution >= 0.6 is 24.4 Å². The molecular weight excluding hydrogens is 368 g/mol. The van der Waals surface area contributed by atoms with Gasteiger partial charge in [0.2, 0.25) is 0 Å². The molecule has 0 aliphatic rings.